The van der Waals surface area contributed by atoms with Gasteiger partial charge < -0.3 is 0 Å². The first-order valence-electron chi connectivity index (χ1n) is 6.23. The van der Waals surface area contributed by atoms with Gasteiger partial charge in [0, 0.05) is 18.7 Å². The number of hydrogen-bond donors (Lipinski definition) is 0. The number of non-ortho nitro benzene ring substituents is 1. The molecule has 0 atom stereocenters. The second kappa shape index (κ2) is 5.16. The van der Waals surface area contributed by atoms with Crippen LogP contribution in [0.5, 0.6) is 0 Å². The van der Waals surface area contributed by atoms with Crippen LogP contribution in [0.1, 0.15) is 25.3 Å². The molecule has 0 aromatic heterocycles. The lowest BCUT2D eigenvalue weighted by molar-refractivity contribution is -0.384. The van der Waals surface area contributed by atoms with Crippen molar-refractivity contribution in [2.75, 3.05) is 16.6 Å². The summed E-state index contributed by atoms with van der Waals surface area (Å²) in [6.45, 7) is 2.20. The van der Waals surface area contributed by atoms with Crippen molar-refractivity contribution in [2.45, 2.75) is 26.2 Å². The summed E-state index contributed by atoms with van der Waals surface area (Å²) in [6, 6.07) is 4.44. The molecule has 0 N–H and O–H groups in total. The smallest absolute Gasteiger partial charge is 0.270 e. The first-order chi connectivity index (χ1) is 8.95. The fourth-order valence-corrected chi connectivity index (χ4v) is 3.91. The van der Waals surface area contributed by atoms with Gasteiger partial charge in [-0.15, -0.1) is 0 Å². The molecule has 0 aliphatic carbocycles. The topological polar surface area (TPSA) is 80.5 Å². The Morgan fingerprint density at radius 1 is 1.42 bits per heavy atom. The van der Waals surface area contributed by atoms with Gasteiger partial charge in [-0.1, -0.05) is 13.0 Å². The van der Waals surface area contributed by atoms with Crippen molar-refractivity contribution in [1.29, 1.82) is 0 Å². The van der Waals surface area contributed by atoms with Crippen LogP contribution in [0.25, 0.3) is 0 Å². The van der Waals surface area contributed by atoms with E-state index in [1.807, 2.05) is 0 Å². The summed E-state index contributed by atoms with van der Waals surface area (Å²) in [5.41, 5.74) is 1.25. The Labute approximate surface area is 112 Å². The van der Waals surface area contributed by atoms with E-state index in [-0.39, 0.29) is 11.4 Å². The van der Waals surface area contributed by atoms with Crippen molar-refractivity contribution >= 4 is 21.4 Å². The summed E-state index contributed by atoms with van der Waals surface area (Å²) >= 11 is 0. The number of nitro groups is 1. The van der Waals surface area contributed by atoms with Crippen LogP contribution in [0.4, 0.5) is 11.4 Å². The van der Waals surface area contributed by atoms with Crippen molar-refractivity contribution in [3.63, 3.8) is 0 Å². The van der Waals surface area contributed by atoms with Crippen molar-refractivity contribution in [2.24, 2.45) is 0 Å². The minimum Gasteiger partial charge on any atom is -0.270 e. The van der Waals surface area contributed by atoms with E-state index in [2.05, 4.69) is 0 Å². The van der Waals surface area contributed by atoms with E-state index in [1.165, 1.54) is 16.4 Å². The monoisotopic (exact) mass is 284 g/mol. The maximum absolute atomic E-state index is 12.2. The molecular weight excluding hydrogens is 268 g/mol. The number of fused-ring (bicyclic) bond motifs is 1. The van der Waals surface area contributed by atoms with E-state index in [1.54, 1.807) is 13.0 Å². The van der Waals surface area contributed by atoms with Crippen LogP contribution in [0.15, 0.2) is 18.2 Å². The van der Waals surface area contributed by atoms with Gasteiger partial charge in [-0.25, -0.2) is 8.42 Å². The summed E-state index contributed by atoms with van der Waals surface area (Å²) in [5.74, 6) is 0.0646. The van der Waals surface area contributed by atoms with Crippen LogP contribution in [0.2, 0.25) is 0 Å². The predicted molar refractivity (Wildman–Crippen MR) is 72.8 cm³/mol. The van der Waals surface area contributed by atoms with E-state index < -0.39 is 14.9 Å². The highest BCUT2D eigenvalue weighted by atomic mass is 32.2. The molecular formula is C12H16N2O4S. The van der Waals surface area contributed by atoms with Crippen LogP contribution in [-0.2, 0) is 16.4 Å². The average molecular weight is 284 g/mol. The van der Waals surface area contributed by atoms with E-state index in [0.717, 1.165) is 18.4 Å². The molecule has 0 bridgehead atoms. The molecule has 0 fully saturated rings. The van der Waals surface area contributed by atoms with E-state index in [9.17, 15) is 18.5 Å². The number of nitrogens with zero attached hydrogens (tertiary/aromatic N) is 2. The predicted octanol–water partition coefficient (Wildman–Crippen LogP) is 2.09. The second-order valence-electron chi connectivity index (χ2n) is 4.56. The minimum absolute atomic E-state index is 0.0646. The highest BCUT2D eigenvalue weighted by Crippen LogP contribution is 2.32. The van der Waals surface area contributed by atoms with E-state index >= 15 is 0 Å². The zero-order valence-electron chi connectivity index (χ0n) is 10.7. The van der Waals surface area contributed by atoms with Crippen LogP contribution in [0, 0.1) is 10.1 Å². The van der Waals surface area contributed by atoms with Crippen molar-refractivity contribution in [3.05, 3.63) is 33.9 Å². The summed E-state index contributed by atoms with van der Waals surface area (Å²) < 4.78 is 25.7. The lowest BCUT2D eigenvalue weighted by Crippen LogP contribution is -2.37. The Kier molecular flexibility index (Phi) is 3.75. The maximum Gasteiger partial charge on any atom is 0.271 e. The molecule has 6 nitrogen and oxygen atoms in total. The third-order valence-corrected chi connectivity index (χ3v) is 5.13. The Bertz CT molecular complexity index is 598. The number of benzene rings is 1. The van der Waals surface area contributed by atoms with Gasteiger partial charge in [-0.3, -0.25) is 14.4 Å². The first-order valence-corrected chi connectivity index (χ1v) is 7.84. The Morgan fingerprint density at radius 2 is 2.16 bits per heavy atom. The number of aryl methyl sites for hydroxylation is 1. The molecule has 1 aliphatic rings. The van der Waals surface area contributed by atoms with Crippen LogP contribution in [0.3, 0.4) is 0 Å². The number of nitro benzene ring substituents is 1. The average Bonchev–Trinajstić information content (AvgIpc) is 2.37. The fraction of sp³-hybridized carbons (Fsp3) is 0.500. The van der Waals surface area contributed by atoms with Gasteiger partial charge in [0.1, 0.15) is 0 Å². The highest BCUT2D eigenvalue weighted by Gasteiger charge is 2.28. The third kappa shape index (κ3) is 2.70. The van der Waals surface area contributed by atoms with Crippen molar-refractivity contribution < 1.29 is 13.3 Å². The molecule has 7 heteroatoms. The number of rotatable bonds is 4. The largest absolute Gasteiger partial charge is 0.271 e. The van der Waals surface area contributed by atoms with Crippen molar-refractivity contribution in [3.8, 4) is 0 Å². The lowest BCUT2D eigenvalue weighted by Gasteiger charge is -2.30. The van der Waals surface area contributed by atoms with Crippen LogP contribution in [-0.4, -0.2) is 25.6 Å². The molecule has 0 spiro atoms. The molecule has 1 aromatic rings. The minimum atomic E-state index is -3.38. The van der Waals surface area contributed by atoms with E-state index in [0.29, 0.717) is 18.7 Å². The van der Waals surface area contributed by atoms with Gasteiger partial charge in [0.05, 0.1) is 16.4 Å². The van der Waals surface area contributed by atoms with Crippen LogP contribution >= 0.6 is 0 Å². The van der Waals surface area contributed by atoms with Gasteiger partial charge in [0.15, 0.2) is 0 Å². The normalized spacial score (nSPS) is 15.1. The van der Waals surface area contributed by atoms with Gasteiger partial charge in [-0.05, 0) is 24.8 Å². The van der Waals surface area contributed by atoms with Gasteiger partial charge in [0.25, 0.3) is 5.69 Å². The van der Waals surface area contributed by atoms with Gasteiger partial charge in [-0.2, -0.15) is 0 Å². The number of anilines is 1. The summed E-state index contributed by atoms with van der Waals surface area (Å²) in [4.78, 5) is 10.3. The fourth-order valence-electron chi connectivity index (χ4n) is 2.30. The summed E-state index contributed by atoms with van der Waals surface area (Å²) in [5, 5.41) is 10.8. The maximum atomic E-state index is 12.2. The molecule has 1 heterocycles. The lowest BCUT2D eigenvalue weighted by atomic mass is 10.0. The standard InChI is InChI=1S/C12H16N2O4S/c1-2-8-19(17,18)13-7-3-4-10-5-6-11(14(15)16)9-12(10)13/h5-6,9H,2-4,7-8H2,1H3. The zero-order valence-corrected chi connectivity index (χ0v) is 11.5. The molecule has 1 aliphatic heterocycles. The SMILES string of the molecule is CCCS(=O)(=O)N1CCCc2ccc([N+](=O)[O-])cc21. The second-order valence-corrected chi connectivity index (χ2v) is 6.57. The molecule has 0 radical (unpaired) electrons. The molecule has 0 saturated heterocycles. The van der Waals surface area contributed by atoms with Crippen LogP contribution < -0.4 is 4.31 Å². The molecule has 0 amide bonds. The molecule has 0 saturated carbocycles. The highest BCUT2D eigenvalue weighted by molar-refractivity contribution is 7.92. The third-order valence-electron chi connectivity index (χ3n) is 3.15. The molecule has 0 unspecified atom stereocenters. The number of sulfonamides is 1. The van der Waals surface area contributed by atoms with Crippen molar-refractivity contribution in [1.82, 2.24) is 0 Å². The molecule has 2 rings (SSSR count). The first kappa shape index (κ1) is 13.8. The Hall–Kier alpha value is -1.63. The summed E-state index contributed by atoms with van der Waals surface area (Å²) in [6.07, 6.45) is 2.03. The van der Waals surface area contributed by atoms with Gasteiger partial charge in [0.2, 0.25) is 10.0 Å². The Morgan fingerprint density at radius 3 is 2.79 bits per heavy atom. The number of hydrogen-bond acceptors (Lipinski definition) is 4. The zero-order chi connectivity index (χ0) is 14.0. The van der Waals surface area contributed by atoms with E-state index in [4.69, 9.17) is 0 Å². The molecule has 104 valence electrons. The quantitative estimate of drug-likeness (QED) is 0.626. The molecule has 1 aromatic carbocycles. The van der Waals surface area contributed by atoms with Gasteiger partial charge >= 0.3 is 0 Å². The molecule has 19 heavy (non-hydrogen) atoms. The Balaban J connectivity index is 2.48. The summed E-state index contributed by atoms with van der Waals surface area (Å²) in [7, 11) is -3.38.